The number of anilines is 4. The summed E-state index contributed by atoms with van der Waals surface area (Å²) in [5.41, 5.74) is 19.1. The molecule has 1 amide bonds. The van der Waals surface area contributed by atoms with Crippen LogP contribution >= 0.6 is 0 Å². The minimum atomic E-state index is -1.02. The molecule has 8 rings (SSSR count). The van der Waals surface area contributed by atoms with Gasteiger partial charge >= 0.3 is 5.97 Å². The fourth-order valence-electron chi connectivity index (χ4n) is 7.65. The van der Waals surface area contributed by atoms with E-state index in [0.717, 1.165) is 107 Å². The first-order valence-electron chi connectivity index (χ1n) is 23.5. The van der Waals surface area contributed by atoms with E-state index in [-0.39, 0.29) is 22.4 Å². The maximum atomic E-state index is 13.0. The summed E-state index contributed by atoms with van der Waals surface area (Å²) in [5.74, 6) is 10.9. The molecule has 71 heavy (non-hydrogen) atoms. The van der Waals surface area contributed by atoms with Gasteiger partial charge in [0.05, 0.1) is 37.8 Å². The number of amides is 1. The first-order chi connectivity index (χ1) is 33.9. The topological polar surface area (TPSA) is 195 Å². The Hall–Kier alpha value is -7.72. The molecule has 0 aliphatic carbocycles. The lowest BCUT2D eigenvalue weighted by molar-refractivity contribution is 0.0689. The molecular weight excluding hydrogens is 893 g/mol. The van der Waals surface area contributed by atoms with Crippen molar-refractivity contribution in [3.63, 3.8) is 0 Å². The highest BCUT2D eigenvalue weighted by Gasteiger charge is 2.22. The Balaban J connectivity index is 0.000000195. The maximum absolute atomic E-state index is 13.0. The van der Waals surface area contributed by atoms with Crippen LogP contribution in [0.3, 0.4) is 0 Å². The number of ether oxygens (including phenoxy) is 2. The summed E-state index contributed by atoms with van der Waals surface area (Å²) in [6.45, 7) is 26.0. The molecule has 0 saturated carbocycles. The van der Waals surface area contributed by atoms with Gasteiger partial charge < -0.3 is 35.4 Å². The first-order valence-corrected chi connectivity index (χ1v) is 23.5. The minimum absolute atomic E-state index is 0.0416. The monoisotopic (exact) mass is 957 g/mol. The molecule has 2 aromatic carbocycles. The van der Waals surface area contributed by atoms with Crippen LogP contribution in [0.2, 0.25) is 0 Å². The largest absolute Gasteiger partial charge is 0.477 e. The minimum Gasteiger partial charge on any atom is -0.477 e. The molecular formula is C56H64N10O5. The Kier molecular flexibility index (Phi) is 17.6. The molecule has 15 heteroatoms. The fraction of sp³-hybridized carbons (Fsp3) is 0.357. The number of carbonyl (C=O) groups excluding carboxylic acids is 1. The van der Waals surface area contributed by atoms with Gasteiger partial charge in [0.25, 0.3) is 5.91 Å². The van der Waals surface area contributed by atoms with Crippen molar-refractivity contribution in [3.8, 4) is 45.9 Å². The van der Waals surface area contributed by atoms with Gasteiger partial charge in [-0.2, -0.15) is 0 Å². The number of aromatic nitrogens is 6. The summed E-state index contributed by atoms with van der Waals surface area (Å²) in [5, 5.41) is 11.7. The Labute approximate surface area is 417 Å². The van der Waals surface area contributed by atoms with Crippen molar-refractivity contribution in [1.82, 2.24) is 29.9 Å². The third-order valence-corrected chi connectivity index (χ3v) is 11.6. The predicted molar refractivity (Wildman–Crippen MR) is 281 cm³/mol. The number of carboxylic acid groups (broad SMARTS) is 1. The number of carboxylic acids is 1. The third-order valence-electron chi connectivity index (χ3n) is 11.6. The van der Waals surface area contributed by atoms with Crippen molar-refractivity contribution in [1.29, 1.82) is 0 Å². The van der Waals surface area contributed by atoms with E-state index >= 15 is 0 Å². The number of nitrogens with two attached hydrogens (primary N) is 1. The van der Waals surface area contributed by atoms with Crippen LogP contribution in [0.4, 0.5) is 22.7 Å². The highest BCUT2D eigenvalue weighted by Crippen LogP contribution is 2.33. The molecule has 368 valence electrons. The van der Waals surface area contributed by atoms with Crippen molar-refractivity contribution in [2.75, 3.05) is 73.5 Å². The third kappa shape index (κ3) is 14.2. The zero-order valence-corrected chi connectivity index (χ0v) is 42.5. The number of benzene rings is 2. The second kappa shape index (κ2) is 23.7. The first kappa shape index (κ1) is 52.6. The van der Waals surface area contributed by atoms with Crippen LogP contribution in [0.25, 0.3) is 22.3 Å². The number of nitrogen functional groups attached to an aromatic ring is 1. The van der Waals surface area contributed by atoms with Crippen LogP contribution in [0.15, 0.2) is 85.7 Å². The SMILES string of the molecule is CC#Cc1ncc(-c2cc(N)ccc2C)cc1N1CCOCC1.CC#Cc1ncc(-c2cc(NC(=O)c3cc(C(C)(C)C)ncn3)ccc2C)cc1N1CCOCC1.CC(C)(C)c1cc(C(=O)O)ncn1. The van der Waals surface area contributed by atoms with Gasteiger partial charge in [-0.05, 0) is 110 Å². The molecule has 2 fully saturated rings. The fourth-order valence-corrected chi connectivity index (χ4v) is 7.65. The van der Waals surface area contributed by atoms with Gasteiger partial charge in [0.1, 0.15) is 29.7 Å². The Bertz CT molecular complexity index is 2980. The Morgan fingerprint density at radius 3 is 1.54 bits per heavy atom. The average Bonchev–Trinajstić information content (AvgIpc) is 3.36. The van der Waals surface area contributed by atoms with E-state index in [2.05, 4.69) is 115 Å². The van der Waals surface area contributed by atoms with Gasteiger partial charge in [-0.25, -0.2) is 34.7 Å². The number of nitrogens with zero attached hydrogens (tertiary/aromatic N) is 8. The van der Waals surface area contributed by atoms with Crippen molar-refractivity contribution < 1.29 is 24.2 Å². The summed E-state index contributed by atoms with van der Waals surface area (Å²) >= 11 is 0. The molecule has 0 atom stereocenters. The predicted octanol–water partition coefficient (Wildman–Crippen LogP) is 8.92. The van der Waals surface area contributed by atoms with E-state index in [0.29, 0.717) is 24.6 Å². The Morgan fingerprint density at radius 1 is 0.620 bits per heavy atom. The number of aryl methyl sites for hydroxylation is 2. The molecule has 0 radical (unpaired) electrons. The van der Waals surface area contributed by atoms with Gasteiger partial charge in [0, 0.05) is 83.3 Å². The smallest absolute Gasteiger partial charge is 0.354 e. The number of rotatable bonds is 7. The van der Waals surface area contributed by atoms with Gasteiger partial charge in [0.15, 0.2) is 5.69 Å². The number of aromatic carboxylic acids is 1. The van der Waals surface area contributed by atoms with Crippen molar-refractivity contribution in [2.24, 2.45) is 0 Å². The Morgan fingerprint density at radius 2 is 1.07 bits per heavy atom. The molecule has 0 spiro atoms. The lowest BCUT2D eigenvalue weighted by atomic mass is 9.91. The summed E-state index contributed by atoms with van der Waals surface area (Å²) < 4.78 is 11.0. The number of morpholine rings is 2. The molecule has 2 aliphatic rings. The standard InChI is InChI=1S/C28H31N5O2.C19H21N3O.C9H12N2O2/c1-6-7-23-25(33-10-12-35-13-11-33)14-20(17-29-23)22-15-21(9-8-19(22)2)32-27(34)24-16-26(28(3,4)5)31-18-30-24;1-3-4-18-19(22-7-9-23-10-8-22)11-15(13-21-18)17-12-16(20)6-5-14(17)2;1-9(2,3)7-4-6(8(12)13)10-5-11-7/h8-9,14-18H,10-13H2,1-5H3,(H,32,34);5-6,11-13H,7-10,20H2,1-2H3;4-5H,1-3H3,(H,12,13). The number of hydrogen-bond donors (Lipinski definition) is 3. The van der Waals surface area contributed by atoms with Crippen LogP contribution in [-0.4, -0.2) is 99.5 Å². The van der Waals surface area contributed by atoms with Gasteiger partial charge in [0.2, 0.25) is 0 Å². The highest BCUT2D eigenvalue weighted by atomic mass is 16.5. The summed E-state index contributed by atoms with van der Waals surface area (Å²) in [7, 11) is 0. The number of nitrogens with one attached hydrogen (secondary N) is 1. The lowest BCUT2D eigenvalue weighted by Crippen LogP contribution is -2.36. The van der Waals surface area contributed by atoms with Crippen LogP contribution in [0.1, 0.15) is 110 Å². The van der Waals surface area contributed by atoms with Crippen LogP contribution in [0, 0.1) is 37.5 Å². The molecule has 15 nitrogen and oxygen atoms in total. The van der Waals surface area contributed by atoms with Gasteiger partial charge in [-0.1, -0.05) is 65.5 Å². The van der Waals surface area contributed by atoms with E-state index < -0.39 is 5.97 Å². The number of hydrogen-bond acceptors (Lipinski definition) is 13. The summed E-state index contributed by atoms with van der Waals surface area (Å²) in [4.78, 5) is 53.5. The van der Waals surface area contributed by atoms with Gasteiger partial charge in [-0.3, -0.25) is 4.79 Å². The van der Waals surface area contributed by atoms with E-state index in [1.165, 1.54) is 24.3 Å². The van der Waals surface area contributed by atoms with Crippen LogP contribution in [0.5, 0.6) is 0 Å². The van der Waals surface area contributed by atoms with Crippen molar-refractivity contribution in [3.05, 3.63) is 131 Å². The molecule has 2 aliphatic heterocycles. The molecule has 4 N–H and O–H groups in total. The number of pyridine rings is 2. The zero-order chi connectivity index (χ0) is 51.3. The molecule has 0 bridgehead atoms. The second-order valence-corrected chi connectivity index (χ2v) is 19.1. The van der Waals surface area contributed by atoms with Crippen LogP contribution in [-0.2, 0) is 20.3 Å². The van der Waals surface area contributed by atoms with Crippen LogP contribution < -0.4 is 20.9 Å². The highest BCUT2D eigenvalue weighted by molar-refractivity contribution is 6.03. The van der Waals surface area contributed by atoms with E-state index in [4.69, 9.17) is 20.3 Å². The lowest BCUT2D eigenvalue weighted by Gasteiger charge is -2.29. The summed E-state index contributed by atoms with van der Waals surface area (Å²) in [6, 6.07) is 19.4. The molecule has 4 aromatic heterocycles. The average molecular weight is 957 g/mol. The zero-order valence-electron chi connectivity index (χ0n) is 42.5. The summed E-state index contributed by atoms with van der Waals surface area (Å²) in [6.07, 6.45) is 6.45. The van der Waals surface area contributed by atoms with E-state index in [1.807, 2.05) is 83.4 Å². The van der Waals surface area contributed by atoms with Crippen molar-refractivity contribution >= 4 is 34.6 Å². The van der Waals surface area contributed by atoms with Gasteiger partial charge in [-0.15, -0.1) is 0 Å². The quantitative estimate of drug-likeness (QED) is 0.101. The van der Waals surface area contributed by atoms with E-state index in [1.54, 1.807) is 6.07 Å². The second-order valence-electron chi connectivity index (χ2n) is 19.1. The maximum Gasteiger partial charge on any atom is 0.354 e. The molecule has 0 unspecified atom stereocenters. The molecule has 2 saturated heterocycles. The van der Waals surface area contributed by atoms with Crippen molar-refractivity contribution in [2.45, 2.75) is 80.1 Å². The number of carbonyl (C=O) groups is 2. The normalized spacial score (nSPS) is 13.4. The van der Waals surface area contributed by atoms with E-state index in [9.17, 15) is 9.59 Å². The molecule has 6 heterocycles. The molecule has 6 aromatic rings.